The molecule has 0 radical (unpaired) electrons. The fourth-order valence-electron chi connectivity index (χ4n) is 6.10. The summed E-state index contributed by atoms with van der Waals surface area (Å²) in [7, 11) is 0. The van der Waals surface area contributed by atoms with Gasteiger partial charge in [-0.3, -0.25) is 9.89 Å². The predicted octanol–water partition coefficient (Wildman–Crippen LogP) is 5.03. The number of amidine groups is 1. The molecule has 0 bridgehead atoms. The summed E-state index contributed by atoms with van der Waals surface area (Å²) in [6.45, 7) is 18.6. The SMILES string of the molecule is C=C(F)/C=C(\C=C1/CN=C(C)N1C(C)C)c1cc(Nc2ncc(CN3CC4CN(CC)CC4C3)cn2)ncc1F. The van der Waals surface area contributed by atoms with E-state index in [1.54, 1.807) is 6.08 Å². The maximum absolute atomic E-state index is 15.0. The standard InChI is InChI=1S/C30H38F2N8/c1-6-38-15-24-17-39(18-25(24)16-38)14-22-10-35-30(36-11-22)37-29-9-27(28(32)13-34-29)23(7-20(4)31)8-26-12-33-21(5)40(26)19(2)3/h7-11,13,19,24-25H,4,6,12,14-18H2,1-3,5H3,(H,34,35,36,37)/b23-7+,26-8+. The molecule has 2 saturated heterocycles. The molecule has 2 fully saturated rings. The van der Waals surface area contributed by atoms with Gasteiger partial charge in [0.05, 0.1) is 12.7 Å². The Morgan fingerprint density at radius 2 is 1.77 bits per heavy atom. The third-order valence-electron chi connectivity index (χ3n) is 7.88. The number of nitrogens with one attached hydrogen (secondary N) is 1. The second-order valence-electron chi connectivity index (χ2n) is 11.2. The number of rotatable bonds is 9. The minimum Gasteiger partial charge on any atom is -0.330 e. The Balaban J connectivity index is 1.28. The van der Waals surface area contributed by atoms with Gasteiger partial charge in [0.15, 0.2) is 0 Å². The van der Waals surface area contributed by atoms with Gasteiger partial charge in [0.1, 0.15) is 23.3 Å². The molecule has 2 atom stereocenters. The summed E-state index contributed by atoms with van der Waals surface area (Å²) in [5, 5.41) is 3.06. The van der Waals surface area contributed by atoms with E-state index in [1.807, 2.05) is 33.2 Å². The van der Waals surface area contributed by atoms with E-state index >= 15 is 0 Å². The normalized spacial score (nSPS) is 22.9. The molecule has 3 aliphatic heterocycles. The van der Waals surface area contributed by atoms with Crippen LogP contribution in [0, 0.1) is 17.7 Å². The van der Waals surface area contributed by atoms with Crippen molar-refractivity contribution in [2.24, 2.45) is 16.8 Å². The molecule has 0 aliphatic carbocycles. The topological polar surface area (TPSA) is 72.8 Å². The van der Waals surface area contributed by atoms with Crippen LogP contribution in [0.4, 0.5) is 20.5 Å². The largest absolute Gasteiger partial charge is 0.330 e. The number of hydrogen-bond donors (Lipinski definition) is 1. The van der Waals surface area contributed by atoms with Crippen LogP contribution >= 0.6 is 0 Å². The first kappa shape index (κ1) is 28.0. The zero-order valence-corrected chi connectivity index (χ0v) is 23.7. The quantitative estimate of drug-likeness (QED) is 0.441. The molecule has 0 spiro atoms. The van der Waals surface area contributed by atoms with Crippen molar-refractivity contribution in [3.8, 4) is 0 Å². The first-order valence-corrected chi connectivity index (χ1v) is 14.0. The van der Waals surface area contributed by atoms with E-state index in [0.29, 0.717) is 23.9 Å². The van der Waals surface area contributed by atoms with Gasteiger partial charge in [-0.1, -0.05) is 13.5 Å². The number of pyridine rings is 1. The molecule has 0 saturated carbocycles. The summed E-state index contributed by atoms with van der Waals surface area (Å²) in [5.41, 5.74) is 2.44. The molecular formula is C30H38F2N8. The number of fused-ring (bicyclic) bond motifs is 1. The molecule has 1 N–H and O–H groups in total. The van der Waals surface area contributed by atoms with Gasteiger partial charge < -0.3 is 15.1 Å². The fourth-order valence-corrected chi connectivity index (χ4v) is 6.10. The lowest BCUT2D eigenvalue weighted by Gasteiger charge is -2.25. The number of anilines is 2. The molecule has 2 aromatic heterocycles. The van der Waals surface area contributed by atoms with Crippen LogP contribution in [-0.2, 0) is 6.54 Å². The Morgan fingerprint density at radius 3 is 2.40 bits per heavy atom. The minimum atomic E-state index is -0.674. The number of halogens is 2. The highest BCUT2D eigenvalue weighted by Gasteiger charge is 2.39. The highest BCUT2D eigenvalue weighted by atomic mass is 19.1. The zero-order valence-electron chi connectivity index (χ0n) is 23.7. The minimum absolute atomic E-state index is 0.156. The highest BCUT2D eigenvalue weighted by molar-refractivity contribution is 5.86. The van der Waals surface area contributed by atoms with Crippen molar-refractivity contribution >= 4 is 23.2 Å². The Morgan fingerprint density at radius 1 is 1.10 bits per heavy atom. The molecule has 3 aliphatic rings. The lowest BCUT2D eigenvalue weighted by atomic mass is 10.0. The summed E-state index contributed by atoms with van der Waals surface area (Å²) in [6.07, 6.45) is 7.72. The van der Waals surface area contributed by atoms with Crippen molar-refractivity contribution in [1.82, 2.24) is 29.7 Å². The van der Waals surface area contributed by atoms with Crippen LogP contribution in [0.1, 0.15) is 38.8 Å². The van der Waals surface area contributed by atoms with Gasteiger partial charge in [0.2, 0.25) is 5.95 Å². The summed E-state index contributed by atoms with van der Waals surface area (Å²) >= 11 is 0. The van der Waals surface area contributed by atoms with Gasteiger partial charge in [-0.2, -0.15) is 0 Å². The van der Waals surface area contributed by atoms with Gasteiger partial charge in [-0.15, -0.1) is 0 Å². The van der Waals surface area contributed by atoms with E-state index in [4.69, 9.17) is 0 Å². The van der Waals surface area contributed by atoms with Gasteiger partial charge >= 0.3 is 0 Å². The summed E-state index contributed by atoms with van der Waals surface area (Å²) in [5.74, 6) is 1.84. The first-order chi connectivity index (χ1) is 19.2. The molecule has 5 rings (SSSR count). The van der Waals surface area contributed by atoms with Crippen LogP contribution in [0.5, 0.6) is 0 Å². The number of aliphatic imine (C=N–C) groups is 1. The van der Waals surface area contributed by atoms with Crippen LogP contribution < -0.4 is 5.32 Å². The molecule has 0 aromatic carbocycles. The molecular weight excluding hydrogens is 510 g/mol. The van der Waals surface area contributed by atoms with E-state index in [0.717, 1.165) is 61.3 Å². The molecule has 40 heavy (non-hydrogen) atoms. The Labute approximate surface area is 235 Å². The Bertz CT molecular complexity index is 1320. The number of hydrogen-bond acceptors (Lipinski definition) is 8. The third-order valence-corrected chi connectivity index (χ3v) is 7.88. The summed E-state index contributed by atoms with van der Waals surface area (Å²) in [6, 6.07) is 1.69. The van der Waals surface area contributed by atoms with Gasteiger partial charge in [0, 0.05) is 68.0 Å². The predicted molar refractivity (Wildman–Crippen MR) is 155 cm³/mol. The van der Waals surface area contributed by atoms with Crippen molar-refractivity contribution in [2.45, 2.75) is 40.3 Å². The molecule has 2 unspecified atom stereocenters. The van der Waals surface area contributed by atoms with E-state index in [2.05, 4.69) is 53.5 Å². The number of nitrogens with zero attached hydrogens (tertiary/aromatic N) is 7. The van der Waals surface area contributed by atoms with Crippen LogP contribution in [0.2, 0.25) is 0 Å². The third kappa shape index (κ3) is 6.28. The Hall–Kier alpha value is -3.50. The number of likely N-dealkylation sites (tertiary alicyclic amines) is 2. The van der Waals surface area contributed by atoms with Crippen molar-refractivity contribution in [1.29, 1.82) is 0 Å². The van der Waals surface area contributed by atoms with Crippen LogP contribution in [0.15, 0.2) is 59.9 Å². The average Bonchev–Trinajstić information content (AvgIpc) is 3.58. The van der Waals surface area contributed by atoms with E-state index in [-0.39, 0.29) is 11.6 Å². The first-order valence-electron chi connectivity index (χ1n) is 14.0. The van der Waals surface area contributed by atoms with E-state index < -0.39 is 11.6 Å². The second-order valence-corrected chi connectivity index (χ2v) is 11.2. The molecule has 2 aromatic rings. The lowest BCUT2D eigenvalue weighted by molar-refractivity contribution is 0.256. The second kappa shape index (κ2) is 11.9. The molecule has 8 nitrogen and oxygen atoms in total. The molecule has 10 heteroatoms. The number of allylic oxidation sites excluding steroid dienone is 4. The number of aromatic nitrogens is 3. The van der Waals surface area contributed by atoms with Gasteiger partial charge in [0.25, 0.3) is 0 Å². The van der Waals surface area contributed by atoms with Crippen molar-refractivity contribution < 1.29 is 8.78 Å². The highest BCUT2D eigenvalue weighted by Crippen LogP contribution is 2.32. The van der Waals surface area contributed by atoms with E-state index in [9.17, 15) is 8.78 Å². The zero-order chi connectivity index (χ0) is 28.4. The molecule has 0 amide bonds. The molecule has 5 heterocycles. The maximum atomic E-state index is 15.0. The average molecular weight is 549 g/mol. The van der Waals surface area contributed by atoms with Crippen LogP contribution in [0.25, 0.3) is 5.57 Å². The van der Waals surface area contributed by atoms with Gasteiger partial charge in [-0.25, -0.2) is 23.7 Å². The van der Waals surface area contributed by atoms with E-state index in [1.165, 1.54) is 25.2 Å². The maximum Gasteiger partial charge on any atom is 0.228 e. The monoisotopic (exact) mass is 548 g/mol. The summed E-state index contributed by atoms with van der Waals surface area (Å²) < 4.78 is 29.0. The van der Waals surface area contributed by atoms with Crippen molar-refractivity contribution in [3.05, 3.63) is 71.9 Å². The molecule has 212 valence electrons. The smallest absolute Gasteiger partial charge is 0.228 e. The Kier molecular flexibility index (Phi) is 8.37. The fraction of sp³-hybridized carbons (Fsp3) is 0.467. The van der Waals surface area contributed by atoms with Crippen molar-refractivity contribution in [2.75, 3.05) is 44.6 Å². The van der Waals surface area contributed by atoms with Gasteiger partial charge in [-0.05, 0) is 62.9 Å². The van der Waals surface area contributed by atoms with Crippen LogP contribution in [-0.4, -0.2) is 80.8 Å². The summed E-state index contributed by atoms with van der Waals surface area (Å²) in [4.78, 5) is 24.7. The van der Waals surface area contributed by atoms with Crippen molar-refractivity contribution in [3.63, 3.8) is 0 Å². The lowest BCUT2D eigenvalue weighted by Crippen LogP contribution is -2.31. The van der Waals surface area contributed by atoms with Crippen LogP contribution in [0.3, 0.4) is 0 Å².